The average Bonchev–Trinajstić information content (AvgIpc) is 2.78. The number of hydrogen-bond donors (Lipinski definition) is 1. The van der Waals surface area contributed by atoms with E-state index in [1.54, 1.807) is 24.1 Å². The molecule has 3 heterocycles. The summed E-state index contributed by atoms with van der Waals surface area (Å²) < 4.78 is 7.18. The third-order valence-corrected chi connectivity index (χ3v) is 3.81. The normalized spacial score (nSPS) is 11.1. The summed E-state index contributed by atoms with van der Waals surface area (Å²) in [6.45, 7) is 4.34. The fraction of sp³-hybridized carbons (Fsp3) is 0.286. The number of fused-ring (bicyclic) bond motifs is 1. The van der Waals surface area contributed by atoms with E-state index in [1.807, 2.05) is 13.8 Å². The van der Waals surface area contributed by atoms with Gasteiger partial charge < -0.3 is 10.5 Å². The van der Waals surface area contributed by atoms with E-state index in [2.05, 4.69) is 19.9 Å². The van der Waals surface area contributed by atoms with Crippen molar-refractivity contribution in [1.29, 1.82) is 0 Å². The van der Waals surface area contributed by atoms with E-state index in [0.29, 0.717) is 23.0 Å². The molecule has 22 heavy (non-hydrogen) atoms. The Hall–Kier alpha value is -2.41. The second kappa shape index (κ2) is 5.42. The van der Waals surface area contributed by atoms with Gasteiger partial charge in [0.15, 0.2) is 5.65 Å². The Kier molecular flexibility index (Phi) is 3.58. The lowest BCUT2D eigenvalue weighted by atomic mass is 10.1. The predicted molar refractivity (Wildman–Crippen MR) is 84.1 cm³/mol. The molecule has 0 atom stereocenters. The molecular weight excluding hydrogens is 304 g/mol. The Balaban J connectivity index is 2.11. The summed E-state index contributed by atoms with van der Waals surface area (Å²) in [5.41, 5.74) is 9.60. The van der Waals surface area contributed by atoms with Crippen LogP contribution in [-0.2, 0) is 6.54 Å². The molecule has 0 aliphatic rings. The van der Waals surface area contributed by atoms with Crippen molar-refractivity contribution in [2.75, 3.05) is 12.8 Å². The van der Waals surface area contributed by atoms with Gasteiger partial charge in [-0.1, -0.05) is 0 Å². The first-order chi connectivity index (χ1) is 10.5. The first kappa shape index (κ1) is 14.5. The predicted octanol–water partition coefficient (Wildman–Crippen LogP) is 2.13. The van der Waals surface area contributed by atoms with E-state index in [0.717, 1.165) is 22.6 Å². The Labute approximate surface area is 132 Å². The zero-order chi connectivity index (χ0) is 15.9. The summed E-state index contributed by atoms with van der Waals surface area (Å²) in [6, 6.07) is 0. The molecule has 0 aliphatic carbocycles. The zero-order valence-corrected chi connectivity index (χ0v) is 13.2. The van der Waals surface area contributed by atoms with Crippen LogP contribution in [0.5, 0.6) is 5.75 Å². The number of halogens is 1. The zero-order valence-electron chi connectivity index (χ0n) is 12.5. The number of methoxy groups -OCH3 is 1. The van der Waals surface area contributed by atoms with Gasteiger partial charge in [0, 0.05) is 17.3 Å². The van der Waals surface area contributed by atoms with E-state index in [-0.39, 0.29) is 5.95 Å². The molecule has 8 heteroatoms. The van der Waals surface area contributed by atoms with Gasteiger partial charge in [-0.3, -0.25) is 9.55 Å². The average molecular weight is 319 g/mol. The van der Waals surface area contributed by atoms with Crippen LogP contribution in [0.1, 0.15) is 16.8 Å². The van der Waals surface area contributed by atoms with E-state index < -0.39 is 0 Å². The number of anilines is 1. The number of imidazole rings is 1. The molecule has 0 unspecified atom stereocenters. The molecule has 0 aliphatic heterocycles. The number of aromatic nitrogens is 5. The summed E-state index contributed by atoms with van der Waals surface area (Å²) in [6.07, 6.45) is 3.33. The van der Waals surface area contributed by atoms with Gasteiger partial charge >= 0.3 is 0 Å². The molecule has 0 radical (unpaired) electrons. The lowest BCUT2D eigenvalue weighted by molar-refractivity contribution is 0.406. The van der Waals surface area contributed by atoms with Crippen molar-refractivity contribution in [3.05, 3.63) is 34.5 Å². The van der Waals surface area contributed by atoms with Gasteiger partial charge in [0.2, 0.25) is 11.2 Å². The van der Waals surface area contributed by atoms with Crippen molar-refractivity contribution >= 4 is 28.7 Å². The molecule has 0 saturated carbocycles. The molecule has 0 fully saturated rings. The topological polar surface area (TPSA) is 91.7 Å². The van der Waals surface area contributed by atoms with Crippen LogP contribution in [0, 0.1) is 13.8 Å². The SMILES string of the molecule is COc1c(C)cnc(Cn2c(Cl)nc3cnc(N)nc32)c1C. The van der Waals surface area contributed by atoms with Crippen LogP contribution in [0.4, 0.5) is 5.95 Å². The van der Waals surface area contributed by atoms with Crippen LogP contribution >= 0.6 is 11.6 Å². The molecule has 3 aromatic heterocycles. The lowest BCUT2D eigenvalue weighted by Crippen LogP contribution is -2.07. The highest BCUT2D eigenvalue weighted by molar-refractivity contribution is 6.29. The summed E-state index contributed by atoms with van der Waals surface area (Å²) >= 11 is 6.21. The Morgan fingerprint density at radius 3 is 2.73 bits per heavy atom. The number of nitrogens with zero attached hydrogens (tertiary/aromatic N) is 5. The summed E-state index contributed by atoms with van der Waals surface area (Å²) in [5.74, 6) is 0.996. The molecule has 3 aromatic rings. The summed E-state index contributed by atoms with van der Waals surface area (Å²) in [5, 5.41) is 0.315. The number of ether oxygens (including phenoxy) is 1. The van der Waals surface area contributed by atoms with Crippen LogP contribution < -0.4 is 10.5 Å². The minimum absolute atomic E-state index is 0.177. The number of aryl methyl sites for hydroxylation is 1. The minimum Gasteiger partial charge on any atom is -0.496 e. The number of hydrogen-bond acceptors (Lipinski definition) is 6. The van der Waals surface area contributed by atoms with Crippen LogP contribution in [0.2, 0.25) is 5.28 Å². The van der Waals surface area contributed by atoms with Crippen LogP contribution in [0.3, 0.4) is 0 Å². The fourth-order valence-electron chi connectivity index (χ4n) is 2.42. The summed E-state index contributed by atoms with van der Waals surface area (Å²) in [4.78, 5) is 16.8. The Morgan fingerprint density at radius 1 is 1.23 bits per heavy atom. The van der Waals surface area contributed by atoms with Gasteiger partial charge in [0.1, 0.15) is 11.3 Å². The van der Waals surface area contributed by atoms with Gasteiger partial charge in [0.25, 0.3) is 0 Å². The maximum Gasteiger partial charge on any atom is 0.222 e. The second-order valence-corrected chi connectivity index (χ2v) is 5.29. The quantitative estimate of drug-likeness (QED) is 0.744. The molecule has 0 saturated heterocycles. The van der Waals surface area contributed by atoms with E-state index in [4.69, 9.17) is 22.1 Å². The van der Waals surface area contributed by atoms with E-state index >= 15 is 0 Å². The minimum atomic E-state index is 0.177. The number of nitrogens with two attached hydrogens (primary N) is 1. The third-order valence-electron chi connectivity index (χ3n) is 3.52. The largest absolute Gasteiger partial charge is 0.496 e. The molecule has 0 bridgehead atoms. The van der Waals surface area contributed by atoms with Gasteiger partial charge in [-0.2, -0.15) is 4.98 Å². The molecule has 0 spiro atoms. The first-order valence-electron chi connectivity index (χ1n) is 6.64. The maximum atomic E-state index is 6.21. The van der Waals surface area contributed by atoms with Crippen molar-refractivity contribution in [2.24, 2.45) is 0 Å². The van der Waals surface area contributed by atoms with Crippen LogP contribution in [0.15, 0.2) is 12.4 Å². The highest BCUT2D eigenvalue weighted by Crippen LogP contribution is 2.26. The second-order valence-electron chi connectivity index (χ2n) is 4.95. The molecule has 0 amide bonds. The van der Waals surface area contributed by atoms with Crippen molar-refractivity contribution in [3.8, 4) is 5.75 Å². The van der Waals surface area contributed by atoms with Crippen molar-refractivity contribution < 1.29 is 4.74 Å². The first-order valence-corrected chi connectivity index (χ1v) is 7.02. The maximum absolute atomic E-state index is 6.21. The van der Waals surface area contributed by atoms with E-state index in [9.17, 15) is 0 Å². The summed E-state index contributed by atoms with van der Waals surface area (Å²) in [7, 11) is 1.65. The van der Waals surface area contributed by atoms with Crippen molar-refractivity contribution in [3.63, 3.8) is 0 Å². The highest BCUT2D eigenvalue weighted by Gasteiger charge is 2.15. The molecule has 7 nitrogen and oxygen atoms in total. The molecule has 2 N–H and O–H groups in total. The van der Waals surface area contributed by atoms with Gasteiger partial charge in [-0.25, -0.2) is 9.97 Å². The van der Waals surface area contributed by atoms with Crippen LogP contribution in [-0.4, -0.2) is 31.6 Å². The van der Waals surface area contributed by atoms with Gasteiger partial charge in [-0.15, -0.1) is 0 Å². The number of nitrogen functional groups attached to an aromatic ring is 1. The lowest BCUT2D eigenvalue weighted by Gasteiger charge is -2.13. The molecule has 114 valence electrons. The smallest absolute Gasteiger partial charge is 0.222 e. The third kappa shape index (κ3) is 2.33. The van der Waals surface area contributed by atoms with Crippen molar-refractivity contribution in [1.82, 2.24) is 24.5 Å². The Morgan fingerprint density at radius 2 is 2.00 bits per heavy atom. The van der Waals surface area contributed by atoms with Gasteiger partial charge in [0.05, 0.1) is 25.5 Å². The van der Waals surface area contributed by atoms with Gasteiger partial charge in [-0.05, 0) is 25.4 Å². The monoisotopic (exact) mass is 318 g/mol. The van der Waals surface area contributed by atoms with Crippen molar-refractivity contribution in [2.45, 2.75) is 20.4 Å². The molecule has 0 aromatic carbocycles. The fourth-order valence-corrected chi connectivity index (χ4v) is 2.66. The highest BCUT2D eigenvalue weighted by atomic mass is 35.5. The standard InChI is InChI=1S/C14H15ClN6O/c1-7-4-17-10(8(2)11(7)22-3)6-21-12-9(19-13(21)15)5-18-14(16)20-12/h4-5H,6H2,1-3H3,(H2,16,18,20). The van der Waals surface area contributed by atoms with E-state index in [1.165, 1.54) is 0 Å². The molecular formula is C14H15ClN6O. The number of rotatable bonds is 3. The molecule has 3 rings (SSSR count). The number of pyridine rings is 1. The van der Waals surface area contributed by atoms with Crippen LogP contribution in [0.25, 0.3) is 11.2 Å². The Bertz CT molecular complexity index is 860.